The first-order valence-electron chi connectivity index (χ1n) is 11.6. The lowest BCUT2D eigenvalue weighted by Gasteiger charge is -2.10. The van der Waals surface area contributed by atoms with Gasteiger partial charge < -0.3 is 9.88 Å². The number of hydrogen-bond donors (Lipinski definition) is 1. The average molecular weight is 511 g/mol. The highest BCUT2D eigenvalue weighted by Gasteiger charge is 2.18. The number of fused-ring (bicyclic) bond motifs is 1. The van der Waals surface area contributed by atoms with Crippen molar-refractivity contribution >= 4 is 17.4 Å². The van der Waals surface area contributed by atoms with Crippen LogP contribution in [-0.2, 0) is 13.1 Å². The predicted octanol–water partition coefficient (Wildman–Crippen LogP) is 4.08. The molecule has 10 nitrogen and oxygen atoms in total. The molecule has 0 aliphatic rings. The summed E-state index contributed by atoms with van der Waals surface area (Å²) in [4.78, 5) is 25.0. The molecule has 0 atom stereocenters. The molecule has 0 aliphatic carbocycles. The third-order valence-electron chi connectivity index (χ3n) is 5.88. The molecule has 0 fully saturated rings. The summed E-state index contributed by atoms with van der Waals surface area (Å²) in [6.07, 6.45) is 8.10. The summed E-state index contributed by atoms with van der Waals surface area (Å²) in [7, 11) is 0. The Morgan fingerprint density at radius 1 is 0.974 bits per heavy atom. The summed E-state index contributed by atoms with van der Waals surface area (Å²) in [6.45, 7) is 1.18. The molecule has 5 aromatic heterocycles. The smallest absolute Gasteiger partial charge is 0.257 e. The third kappa shape index (κ3) is 4.62. The molecule has 0 radical (unpaired) electrons. The largest absolute Gasteiger partial charge is 0.327 e. The SMILES string of the molecule is O=C(Nc1cn2nc(-c3c(-c4ccc(F)cc4)ncn3CCn3cccn3)ccc2n1)c1ccnc(F)c1. The summed E-state index contributed by atoms with van der Waals surface area (Å²) in [5.41, 5.74) is 3.33. The topological polar surface area (TPSA) is 108 Å². The normalized spacial score (nSPS) is 11.2. The lowest BCUT2D eigenvalue weighted by atomic mass is 10.1. The van der Waals surface area contributed by atoms with Gasteiger partial charge in [0, 0.05) is 42.3 Å². The zero-order chi connectivity index (χ0) is 26.1. The molecule has 6 rings (SSSR count). The van der Waals surface area contributed by atoms with E-state index in [4.69, 9.17) is 5.10 Å². The van der Waals surface area contributed by atoms with Crippen LogP contribution in [0.25, 0.3) is 28.3 Å². The fourth-order valence-corrected chi connectivity index (χ4v) is 4.08. The van der Waals surface area contributed by atoms with E-state index >= 15 is 0 Å². The minimum absolute atomic E-state index is 0.119. The number of imidazole rings is 2. The molecule has 12 heteroatoms. The quantitative estimate of drug-likeness (QED) is 0.324. The van der Waals surface area contributed by atoms with Gasteiger partial charge in [-0.25, -0.2) is 23.9 Å². The van der Waals surface area contributed by atoms with Gasteiger partial charge in [0.2, 0.25) is 5.95 Å². The molecule has 1 aromatic carbocycles. The summed E-state index contributed by atoms with van der Waals surface area (Å²) < 4.78 is 32.3. The van der Waals surface area contributed by atoms with Gasteiger partial charge in [0.1, 0.15) is 11.5 Å². The highest BCUT2D eigenvalue weighted by Crippen LogP contribution is 2.30. The van der Waals surface area contributed by atoms with Crippen molar-refractivity contribution in [3.63, 3.8) is 0 Å². The first kappa shape index (κ1) is 23.2. The van der Waals surface area contributed by atoms with E-state index in [0.29, 0.717) is 30.1 Å². The molecular formula is C26H19F2N9O. The van der Waals surface area contributed by atoms with Crippen LogP contribution < -0.4 is 5.32 Å². The van der Waals surface area contributed by atoms with Gasteiger partial charge in [0.05, 0.1) is 30.5 Å². The molecule has 0 saturated carbocycles. The van der Waals surface area contributed by atoms with Crippen molar-refractivity contribution in [3.05, 3.63) is 103 Å². The monoisotopic (exact) mass is 511 g/mol. The Labute approximate surface area is 214 Å². The lowest BCUT2D eigenvalue weighted by molar-refractivity contribution is 0.102. The molecule has 6 aromatic rings. The minimum Gasteiger partial charge on any atom is -0.327 e. The number of aromatic nitrogens is 8. The van der Waals surface area contributed by atoms with Gasteiger partial charge in [0.25, 0.3) is 5.91 Å². The molecule has 38 heavy (non-hydrogen) atoms. The van der Waals surface area contributed by atoms with E-state index in [1.165, 1.54) is 28.9 Å². The standard InChI is InChI=1S/C26H19F2N9O/c27-19-4-2-17(3-5-19)24-25(35(16-30-24)12-13-36-11-1-9-31-36)20-6-7-23-32-22(15-37(23)34-20)33-26(38)18-8-10-29-21(28)14-18/h1-11,14-16H,12-13H2,(H,33,38). The number of nitrogens with one attached hydrogen (secondary N) is 1. The molecule has 5 heterocycles. The van der Waals surface area contributed by atoms with Crippen molar-refractivity contribution in [2.45, 2.75) is 13.1 Å². The number of carbonyl (C=O) groups excluding carboxylic acids is 1. The summed E-state index contributed by atoms with van der Waals surface area (Å²) in [5.74, 6) is -1.36. The number of rotatable bonds is 7. The van der Waals surface area contributed by atoms with Crippen molar-refractivity contribution in [1.29, 1.82) is 0 Å². The highest BCUT2D eigenvalue weighted by atomic mass is 19.1. The summed E-state index contributed by atoms with van der Waals surface area (Å²) >= 11 is 0. The van der Waals surface area contributed by atoms with Crippen LogP contribution in [0.1, 0.15) is 10.4 Å². The molecule has 0 aliphatic heterocycles. The maximum Gasteiger partial charge on any atom is 0.257 e. The number of pyridine rings is 1. The van der Waals surface area contributed by atoms with Crippen LogP contribution in [0.15, 0.2) is 85.7 Å². The van der Waals surface area contributed by atoms with Crippen LogP contribution in [-0.4, -0.2) is 44.8 Å². The average Bonchev–Trinajstić information content (AvgIpc) is 3.67. The Hall–Kier alpha value is -5.26. The van der Waals surface area contributed by atoms with E-state index in [0.717, 1.165) is 17.3 Å². The van der Waals surface area contributed by atoms with Gasteiger partial charge in [-0.2, -0.15) is 14.6 Å². The maximum absolute atomic E-state index is 13.6. The number of amides is 1. The molecule has 0 unspecified atom stereocenters. The van der Waals surface area contributed by atoms with Crippen LogP contribution in [0.3, 0.4) is 0 Å². The zero-order valence-corrected chi connectivity index (χ0v) is 19.7. The molecule has 188 valence electrons. The van der Waals surface area contributed by atoms with Crippen LogP contribution in [0, 0.1) is 11.8 Å². The molecule has 0 saturated heterocycles. The third-order valence-corrected chi connectivity index (χ3v) is 5.88. The molecular weight excluding hydrogens is 492 g/mol. The van der Waals surface area contributed by atoms with Crippen LogP contribution in [0.5, 0.6) is 0 Å². The van der Waals surface area contributed by atoms with Crippen molar-refractivity contribution in [1.82, 2.24) is 38.9 Å². The van der Waals surface area contributed by atoms with E-state index in [-0.39, 0.29) is 17.2 Å². The first-order chi connectivity index (χ1) is 18.5. The Balaban J connectivity index is 1.35. The number of benzene rings is 1. The van der Waals surface area contributed by atoms with Gasteiger partial charge in [-0.3, -0.25) is 9.48 Å². The van der Waals surface area contributed by atoms with Crippen LogP contribution in [0.2, 0.25) is 0 Å². The number of halogens is 2. The van der Waals surface area contributed by atoms with Crippen molar-refractivity contribution in [2.75, 3.05) is 5.32 Å². The Kier molecular flexibility index (Phi) is 5.88. The predicted molar refractivity (Wildman–Crippen MR) is 134 cm³/mol. The number of nitrogens with zero attached hydrogens (tertiary/aromatic N) is 8. The van der Waals surface area contributed by atoms with Crippen molar-refractivity contribution in [2.24, 2.45) is 0 Å². The molecule has 0 bridgehead atoms. The van der Waals surface area contributed by atoms with E-state index in [2.05, 4.69) is 25.4 Å². The summed E-state index contributed by atoms with van der Waals surface area (Å²) in [5, 5.41) is 11.6. The molecule has 1 amide bonds. The molecule has 0 spiro atoms. The van der Waals surface area contributed by atoms with Crippen molar-refractivity contribution < 1.29 is 13.6 Å². The second kappa shape index (κ2) is 9.65. The van der Waals surface area contributed by atoms with E-state index < -0.39 is 11.9 Å². The van der Waals surface area contributed by atoms with Crippen molar-refractivity contribution in [3.8, 4) is 22.6 Å². The van der Waals surface area contributed by atoms with Gasteiger partial charge >= 0.3 is 0 Å². The van der Waals surface area contributed by atoms with E-state index in [1.807, 2.05) is 21.5 Å². The van der Waals surface area contributed by atoms with Gasteiger partial charge in [-0.05, 0) is 48.5 Å². The zero-order valence-electron chi connectivity index (χ0n) is 19.7. The second-order valence-electron chi connectivity index (χ2n) is 8.38. The van der Waals surface area contributed by atoms with Crippen LogP contribution in [0.4, 0.5) is 14.6 Å². The van der Waals surface area contributed by atoms with E-state index in [9.17, 15) is 13.6 Å². The fraction of sp³-hybridized carbons (Fsp3) is 0.0769. The maximum atomic E-state index is 13.6. The summed E-state index contributed by atoms with van der Waals surface area (Å²) in [6, 6.07) is 14.0. The van der Waals surface area contributed by atoms with E-state index in [1.54, 1.807) is 43.0 Å². The highest BCUT2D eigenvalue weighted by molar-refractivity contribution is 6.03. The van der Waals surface area contributed by atoms with Crippen LogP contribution >= 0.6 is 0 Å². The fourth-order valence-electron chi connectivity index (χ4n) is 4.08. The van der Waals surface area contributed by atoms with Gasteiger partial charge in [0.15, 0.2) is 11.5 Å². The van der Waals surface area contributed by atoms with Gasteiger partial charge in [-0.15, -0.1) is 0 Å². The number of aryl methyl sites for hydroxylation is 2. The van der Waals surface area contributed by atoms with Gasteiger partial charge in [-0.1, -0.05) is 0 Å². The minimum atomic E-state index is -0.750. The Morgan fingerprint density at radius 2 is 1.84 bits per heavy atom. The Morgan fingerprint density at radius 3 is 2.63 bits per heavy atom. The second-order valence-corrected chi connectivity index (χ2v) is 8.38. The lowest BCUT2D eigenvalue weighted by Crippen LogP contribution is -2.12. The Bertz CT molecular complexity index is 1740. The molecule has 1 N–H and O–H groups in total. The number of hydrogen-bond acceptors (Lipinski definition) is 6. The first-order valence-corrected chi connectivity index (χ1v) is 11.6. The number of carbonyl (C=O) groups is 1. The number of anilines is 1.